The van der Waals surface area contributed by atoms with Crippen LogP contribution in [0.2, 0.25) is 0 Å². The summed E-state index contributed by atoms with van der Waals surface area (Å²) in [5, 5.41) is 6.51. The van der Waals surface area contributed by atoms with Gasteiger partial charge in [-0.05, 0) is 12.8 Å². The first-order valence-corrected chi connectivity index (χ1v) is 5.58. The lowest BCUT2D eigenvalue weighted by Gasteiger charge is -2.14. The van der Waals surface area contributed by atoms with Crippen molar-refractivity contribution in [2.24, 2.45) is 0 Å². The van der Waals surface area contributed by atoms with Gasteiger partial charge in [0.2, 0.25) is 5.76 Å². The maximum atomic E-state index is 11.6. The molecule has 15 heavy (non-hydrogen) atoms. The Labute approximate surface area is 89.0 Å². The van der Waals surface area contributed by atoms with Gasteiger partial charge in [-0.25, -0.2) is 0 Å². The minimum Gasteiger partial charge on any atom is -0.351 e. The molecule has 1 aliphatic rings. The molecule has 1 N–H and O–H groups in total. The standard InChI is InChI=1S/C11H16N2O2/c14-11(10-7-8-12-15-10)13-9-5-3-1-2-4-6-9/h7-9H,1-6H2,(H,13,14). The number of hydrogen-bond acceptors (Lipinski definition) is 3. The van der Waals surface area contributed by atoms with Gasteiger partial charge in [-0.2, -0.15) is 0 Å². The van der Waals surface area contributed by atoms with Crippen molar-refractivity contribution in [2.45, 2.75) is 44.6 Å². The van der Waals surface area contributed by atoms with Crippen LogP contribution in [-0.4, -0.2) is 17.1 Å². The Morgan fingerprint density at radius 3 is 2.67 bits per heavy atom. The molecule has 1 aromatic rings. The minimum atomic E-state index is -0.139. The van der Waals surface area contributed by atoms with Gasteiger partial charge < -0.3 is 9.84 Å². The summed E-state index contributed by atoms with van der Waals surface area (Å²) in [4.78, 5) is 11.6. The third-order valence-electron chi connectivity index (χ3n) is 2.85. The van der Waals surface area contributed by atoms with Gasteiger partial charge in [-0.1, -0.05) is 30.8 Å². The zero-order valence-electron chi connectivity index (χ0n) is 8.74. The lowest BCUT2D eigenvalue weighted by Crippen LogP contribution is -2.34. The van der Waals surface area contributed by atoms with Crippen molar-refractivity contribution in [1.82, 2.24) is 10.5 Å². The zero-order chi connectivity index (χ0) is 10.5. The quantitative estimate of drug-likeness (QED) is 0.757. The maximum absolute atomic E-state index is 11.6. The summed E-state index contributed by atoms with van der Waals surface area (Å²) < 4.78 is 4.81. The van der Waals surface area contributed by atoms with Crippen LogP contribution >= 0.6 is 0 Å². The highest BCUT2D eigenvalue weighted by molar-refractivity contribution is 5.91. The van der Waals surface area contributed by atoms with Gasteiger partial charge in [-0.3, -0.25) is 4.79 Å². The van der Waals surface area contributed by atoms with Gasteiger partial charge in [0.05, 0.1) is 6.20 Å². The second-order valence-corrected chi connectivity index (χ2v) is 4.04. The first-order valence-electron chi connectivity index (χ1n) is 5.58. The maximum Gasteiger partial charge on any atom is 0.290 e. The monoisotopic (exact) mass is 208 g/mol. The first-order chi connectivity index (χ1) is 7.36. The topological polar surface area (TPSA) is 55.1 Å². The minimum absolute atomic E-state index is 0.139. The van der Waals surface area contributed by atoms with E-state index in [2.05, 4.69) is 10.5 Å². The van der Waals surface area contributed by atoms with Crippen molar-refractivity contribution < 1.29 is 9.32 Å². The molecule has 4 heteroatoms. The lowest BCUT2D eigenvalue weighted by molar-refractivity contribution is 0.0896. The Bertz CT molecular complexity index is 300. The molecule has 1 amide bonds. The van der Waals surface area contributed by atoms with Crippen LogP contribution in [0.15, 0.2) is 16.8 Å². The number of rotatable bonds is 2. The normalized spacial score (nSPS) is 18.4. The molecule has 1 aliphatic carbocycles. The molecule has 1 saturated carbocycles. The van der Waals surface area contributed by atoms with Crippen molar-refractivity contribution in [3.63, 3.8) is 0 Å². The van der Waals surface area contributed by atoms with Gasteiger partial charge in [0, 0.05) is 12.1 Å². The molecule has 1 fully saturated rings. The summed E-state index contributed by atoms with van der Waals surface area (Å²) in [6, 6.07) is 1.90. The molecule has 0 atom stereocenters. The molecule has 0 bridgehead atoms. The summed E-state index contributed by atoms with van der Waals surface area (Å²) in [5.41, 5.74) is 0. The van der Waals surface area contributed by atoms with E-state index < -0.39 is 0 Å². The number of carbonyl (C=O) groups is 1. The molecule has 1 aromatic heterocycles. The van der Waals surface area contributed by atoms with Crippen molar-refractivity contribution in [2.75, 3.05) is 0 Å². The molecule has 0 radical (unpaired) electrons. The fourth-order valence-corrected chi connectivity index (χ4v) is 2.01. The van der Waals surface area contributed by atoms with E-state index in [0.717, 1.165) is 12.8 Å². The Balaban J connectivity index is 1.87. The molecule has 0 saturated heterocycles. The van der Waals surface area contributed by atoms with Crippen LogP contribution < -0.4 is 5.32 Å². The predicted octanol–water partition coefficient (Wildman–Crippen LogP) is 2.13. The molecule has 82 valence electrons. The SMILES string of the molecule is O=C(NC1CCCCCC1)c1ccno1. The van der Waals surface area contributed by atoms with E-state index >= 15 is 0 Å². The molecular formula is C11H16N2O2. The van der Waals surface area contributed by atoms with Crippen molar-refractivity contribution in [3.05, 3.63) is 18.0 Å². The van der Waals surface area contributed by atoms with Gasteiger partial charge in [0.15, 0.2) is 0 Å². The number of amides is 1. The third-order valence-corrected chi connectivity index (χ3v) is 2.85. The van der Waals surface area contributed by atoms with Crippen LogP contribution in [-0.2, 0) is 0 Å². The summed E-state index contributed by atoms with van der Waals surface area (Å²) in [7, 11) is 0. The smallest absolute Gasteiger partial charge is 0.290 e. The van der Waals surface area contributed by atoms with Crippen LogP contribution in [0.4, 0.5) is 0 Å². The second-order valence-electron chi connectivity index (χ2n) is 4.04. The zero-order valence-corrected chi connectivity index (χ0v) is 8.74. The van der Waals surface area contributed by atoms with E-state index in [-0.39, 0.29) is 5.91 Å². The van der Waals surface area contributed by atoms with E-state index in [1.54, 1.807) is 6.07 Å². The van der Waals surface area contributed by atoms with E-state index in [1.165, 1.54) is 31.9 Å². The molecule has 0 aromatic carbocycles. The third kappa shape index (κ3) is 2.81. The number of aromatic nitrogens is 1. The van der Waals surface area contributed by atoms with E-state index in [1.807, 2.05) is 0 Å². The van der Waals surface area contributed by atoms with Crippen molar-refractivity contribution >= 4 is 5.91 Å². The molecule has 2 rings (SSSR count). The summed E-state index contributed by atoms with van der Waals surface area (Å²) >= 11 is 0. The van der Waals surface area contributed by atoms with Crippen LogP contribution in [0.1, 0.15) is 49.1 Å². The Morgan fingerprint density at radius 2 is 2.07 bits per heavy atom. The number of carbonyl (C=O) groups excluding carboxylic acids is 1. The van der Waals surface area contributed by atoms with Crippen molar-refractivity contribution in [3.8, 4) is 0 Å². The van der Waals surface area contributed by atoms with E-state index in [9.17, 15) is 4.79 Å². The van der Waals surface area contributed by atoms with Crippen LogP contribution in [0.3, 0.4) is 0 Å². The average molecular weight is 208 g/mol. The summed E-state index contributed by atoms with van der Waals surface area (Å²) in [6.45, 7) is 0. The fraction of sp³-hybridized carbons (Fsp3) is 0.636. The largest absolute Gasteiger partial charge is 0.351 e. The summed E-state index contributed by atoms with van der Waals surface area (Å²) in [5.74, 6) is 0.165. The molecule has 0 unspecified atom stereocenters. The van der Waals surface area contributed by atoms with E-state index in [4.69, 9.17) is 4.52 Å². The number of nitrogens with zero attached hydrogens (tertiary/aromatic N) is 1. The van der Waals surface area contributed by atoms with Gasteiger partial charge in [-0.15, -0.1) is 0 Å². The predicted molar refractivity (Wildman–Crippen MR) is 55.5 cm³/mol. The Hall–Kier alpha value is -1.32. The van der Waals surface area contributed by atoms with Gasteiger partial charge in [0.1, 0.15) is 0 Å². The van der Waals surface area contributed by atoms with E-state index in [0.29, 0.717) is 11.8 Å². The molecular weight excluding hydrogens is 192 g/mol. The second kappa shape index (κ2) is 4.96. The highest BCUT2D eigenvalue weighted by Gasteiger charge is 2.17. The molecule has 0 spiro atoms. The molecule has 0 aliphatic heterocycles. The summed E-state index contributed by atoms with van der Waals surface area (Å²) in [6.07, 6.45) is 8.65. The first kappa shape index (κ1) is 10.2. The van der Waals surface area contributed by atoms with Gasteiger partial charge in [0.25, 0.3) is 5.91 Å². The number of nitrogens with one attached hydrogen (secondary N) is 1. The molecule has 1 heterocycles. The van der Waals surface area contributed by atoms with Crippen LogP contribution in [0.25, 0.3) is 0 Å². The lowest BCUT2D eigenvalue weighted by atomic mass is 10.1. The van der Waals surface area contributed by atoms with Crippen LogP contribution in [0.5, 0.6) is 0 Å². The molecule has 4 nitrogen and oxygen atoms in total. The fourth-order valence-electron chi connectivity index (χ4n) is 2.01. The van der Waals surface area contributed by atoms with Crippen molar-refractivity contribution in [1.29, 1.82) is 0 Å². The van der Waals surface area contributed by atoms with Crippen LogP contribution in [0, 0.1) is 0 Å². The highest BCUT2D eigenvalue weighted by atomic mass is 16.5. The Morgan fingerprint density at radius 1 is 1.33 bits per heavy atom. The highest BCUT2D eigenvalue weighted by Crippen LogP contribution is 2.17. The average Bonchev–Trinajstić information content (AvgIpc) is 2.65. The Kier molecular flexibility index (Phi) is 3.37. The number of hydrogen-bond donors (Lipinski definition) is 1. The van der Waals surface area contributed by atoms with Gasteiger partial charge >= 0.3 is 0 Å².